The highest BCUT2D eigenvalue weighted by molar-refractivity contribution is 7.11. The maximum Gasteiger partial charge on any atom is 0.220 e. The number of aryl methyl sites for hydroxylation is 4. The number of nitrogens with zero attached hydrogens (tertiary/aromatic N) is 4. The van der Waals surface area contributed by atoms with Gasteiger partial charge in [-0.2, -0.15) is 0 Å². The molecule has 7 nitrogen and oxygen atoms in total. The van der Waals surface area contributed by atoms with E-state index in [2.05, 4.69) is 40.2 Å². The Kier molecular flexibility index (Phi) is 4.87. The third-order valence-corrected chi connectivity index (χ3v) is 8.00. The molecule has 0 radical (unpaired) electrons. The Hall–Kier alpha value is -3.00. The molecule has 2 aliphatic rings. The molecular formula is C25H27N5O2S. The monoisotopic (exact) mass is 461 g/mol. The fourth-order valence-corrected chi connectivity index (χ4v) is 6.56. The van der Waals surface area contributed by atoms with E-state index in [1.807, 2.05) is 25.2 Å². The quantitative estimate of drug-likeness (QED) is 0.456. The molecule has 0 saturated carbocycles. The summed E-state index contributed by atoms with van der Waals surface area (Å²) in [6, 6.07) is 6.70. The molecule has 1 saturated heterocycles. The first-order chi connectivity index (χ1) is 16.0. The predicted octanol–water partition coefficient (Wildman–Crippen LogP) is 5.14. The lowest BCUT2D eigenvalue weighted by atomic mass is 9.96. The number of aromatic nitrogens is 4. The number of fused-ring (bicyclic) bond motifs is 2. The molecule has 4 aromatic rings. The van der Waals surface area contributed by atoms with Gasteiger partial charge in [-0.1, -0.05) is 11.2 Å². The summed E-state index contributed by atoms with van der Waals surface area (Å²) in [5.41, 5.74) is 6.30. The van der Waals surface area contributed by atoms with Gasteiger partial charge in [0.1, 0.15) is 11.6 Å². The van der Waals surface area contributed by atoms with Gasteiger partial charge >= 0.3 is 0 Å². The van der Waals surface area contributed by atoms with Crippen LogP contribution in [0.4, 0.5) is 0 Å². The summed E-state index contributed by atoms with van der Waals surface area (Å²) in [5, 5.41) is 8.46. The molecule has 33 heavy (non-hydrogen) atoms. The van der Waals surface area contributed by atoms with E-state index in [4.69, 9.17) is 14.5 Å². The smallest absolute Gasteiger partial charge is 0.220 e. The van der Waals surface area contributed by atoms with Crippen molar-refractivity contribution in [1.82, 2.24) is 25.0 Å². The van der Waals surface area contributed by atoms with E-state index in [-0.39, 0.29) is 11.9 Å². The Bertz CT molecular complexity index is 1360. The van der Waals surface area contributed by atoms with Crippen molar-refractivity contribution in [3.05, 3.63) is 51.1 Å². The summed E-state index contributed by atoms with van der Waals surface area (Å²) >= 11 is 1.81. The Labute approximate surface area is 196 Å². The average Bonchev–Trinajstić information content (AvgIpc) is 3.46. The number of piperidine rings is 1. The fraction of sp³-hybridized carbons (Fsp3) is 0.440. The number of rotatable bonds is 3. The van der Waals surface area contributed by atoms with E-state index >= 15 is 0 Å². The number of hydrogen-bond acceptors (Lipinski definition) is 6. The molecule has 1 aliphatic carbocycles. The van der Waals surface area contributed by atoms with Crippen molar-refractivity contribution >= 4 is 28.3 Å². The molecule has 3 aromatic heterocycles. The lowest BCUT2D eigenvalue weighted by Crippen LogP contribution is -2.35. The minimum Gasteiger partial charge on any atom is -0.361 e. The second kappa shape index (κ2) is 7.80. The van der Waals surface area contributed by atoms with E-state index in [0.717, 1.165) is 76.6 Å². The zero-order valence-corrected chi connectivity index (χ0v) is 20.0. The lowest BCUT2D eigenvalue weighted by molar-refractivity contribution is -0.123. The van der Waals surface area contributed by atoms with Gasteiger partial charge in [0.25, 0.3) is 0 Å². The predicted molar refractivity (Wildman–Crippen MR) is 127 cm³/mol. The highest BCUT2D eigenvalue weighted by Gasteiger charge is 2.31. The maximum absolute atomic E-state index is 12.2. The van der Waals surface area contributed by atoms with Gasteiger partial charge in [0, 0.05) is 29.3 Å². The molecule has 1 N–H and O–H groups in total. The molecule has 1 fully saturated rings. The average molecular weight is 462 g/mol. The molecule has 0 spiro atoms. The topological polar surface area (TPSA) is 85.8 Å². The Morgan fingerprint density at radius 2 is 2.03 bits per heavy atom. The van der Waals surface area contributed by atoms with Gasteiger partial charge in [-0.25, -0.2) is 9.97 Å². The van der Waals surface area contributed by atoms with Crippen molar-refractivity contribution in [3.8, 4) is 11.1 Å². The fourth-order valence-electron chi connectivity index (χ4n) is 5.50. The third kappa shape index (κ3) is 3.47. The molecule has 8 heteroatoms. The first kappa shape index (κ1) is 20.6. The number of carbonyl (C=O) groups excluding carboxylic acids is 1. The molecule has 4 heterocycles. The normalized spacial score (nSPS) is 20.8. The van der Waals surface area contributed by atoms with Crippen LogP contribution < -0.4 is 5.32 Å². The molecule has 170 valence electrons. The highest BCUT2D eigenvalue weighted by atomic mass is 32.1. The van der Waals surface area contributed by atoms with Crippen molar-refractivity contribution < 1.29 is 9.32 Å². The standard InChI is InChI=1S/C25H27N5O2S/c1-13-24(14(2)32-29-13)16-7-10-21-20(11-16)28-25(19-5-4-6-23(31)27-19)30(21)17-8-9-18-22(12-17)33-15(3)26-18/h7,10-11,17,19H,4-6,8-9,12H2,1-3H3,(H,27,31)/t17?,19-/m0/s1. The Morgan fingerprint density at radius 3 is 2.82 bits per heavy atom. The van der Waals surface area contributed by atoms with Gasteiger partial charge < -0.3 is 14.4 Å². The zero-order chi connectivity index (χ0) is 22.7. The Balaban J connectivity index is 1.48. The number of amides is 1. The van der Waals surface area contributed by atoms with E-state index in [0.29, 0.717) is 12.5 Å². The first-order valence-corrected chi connectivity index (χ1v) is 12.5. The summed E-state index contributed by atoms with van der Waals surface area (Å²) in [6.07, 6.45) is 5.39. The molecule has 1 unspecified atom stereocenters. The van der Waals surface area contributed by atoms with Crippen LogP contribution in [-0.2, 0) is 17.6 Å². The second-order valence-corrected chi connectivity index (χ2v) is 10.5. The second-order valence-electron chi connectivity index (χ2n) is 9.25. The van der Waals surface area contributed by atoms with E-state index in [1.165, 1.54) is 10.6 Å². The van der Waals surface area contributed by atoms with Crippen molar-refractivity contribution in [2.45, 2.75) is 71.4 Å². The molecule has 0 bridgehead atoms. The molecular weight excluding hydrogens is 434 g/mol. The van der Waals surface area contributed by atoms with Crippen LogP contribution in [0.15, 0.2) is 22.7 Å². The summed E-state index contributed by atoms with van der Waals surface area (Å²) in [4.78, 5) is 23.5. The van der Waals surface area contributed by atoms with Gasteiger partial charge in [0.05, 0.1) is 33.5 Å². The molecule has 2 atom stereocenters. The van der Waals surface area contributed by atoms with Gasteiger partial charge in [0.15, 0.2) is 0 Å². The van der Waals surface area contributed by atoms with Gasteiger partial charge in [-0.15, -0.1) is 11.3 Å². The highest BCUT2D eigenvalue weighted by Crippen LogP contribution is 2.38. The van der Waals surface area contributed by atoms with Gasteiger partial charge in [-0.3, -0.25) is 4.79 Å². The number of carbonyl (C=O) groups is 1. The van der Waals surface area contributed by atoms with Crippen molar-refractivity contribution in [2.24, 2.45) is 0 Å². The summed E-state index contributed by atoms with van der Waals surface area (Å²) in [6.45, 7) is 6.00. The number of thiazole rings is 1. The molecule has 6 rings (SSSR count). The summed E-state index contributed by atoms with van der Waals surface area (Å²) in [7, 11) is 0. The van der Waals surface area contributed by atoms with Crippen LogP contribution >= 0.6 is 11.3 Å². The van der Waals surface area contributed by atoms with Crippen LogP contribution in [0.1, 0.15) is 70.6 Å². The zero-order valence-electron chi connectivity index (χ0n) is 19.1. The number of nitrogens with one attached hydrogen (secondary N) is 1. The SMILES string of the molecule is Cc1nc2c(s1)CC(n1c([C@@H]3CCCC(=O)N3)nc3cc(-c4c(C)noc4C)ccc31)CC2. The molecule has 1 amide bonds. The number of benzene rings is 1. The minimum absolute atomic E-state index is 0.0502. The van der Waals surface area contributed by atoms with E-state index < -0.39 is 0 Å². The third-order valence-electron chi connectivity index (χ3n) is 6.97. The minimum atomic E-state index is -0.0502. The Morgan fingerprint density at radius 1 is 1.15 bits per heavy atom. The number of imidazole rings is 1. The number of hydrogen-bond donors (Lipinski definition) is 1. The first-order valence-electron chi connectivity index (χ1n) is 11.7. The summed E-state index contributed by atoms with van der Waals surface area (Å²) in [5.74, 6) is 1.90. The van der Waals surface area contributed by atoms with Crippen LogP contribution in [0.2, 0.25) is 0 Å². The van der Waals surface area contributed by atoms with Crippen molar-refractivity contribution in [2.75, 3.05) is 0 Å². The van der Waals surface area contributed by atoms with Crippen LogP contribution in [0.3, 0.4) is 0 Å². The van der Waals surface area contributed by atoms with Gasteiger partial charge in [-0.05, 0) is 64.2 Å². The van der Waals surface area contributed by atoms with Crippen LogP contribution in [-0.4, -0.2) is 25.6 Å². The van der Waals surface area contributed by atoms with E-state index in [1.54, 1.807) is 0 Å². The lowest BCUT2D eigenvalue weighted by Gasteiger charge is -2.29. The van der Waals surface area contributed by atoms with Gasteiger partial charge in [0.2, 0.25) is 5.91 Å². The summed E-state index contributed by atoms with van der Waals surface area (Å²) < 4.78 is 7.80. The van der Waals surface area contributed by atoms with Crippen LogP contribution in [0.25, 0.3) is 22.2 Å². The van der Waals surface area contributed by atoms with Crippen molar-refractivity contribution in [3.63, 3.8) is 0 Å². The van der Waals surface area contributed by atoms with Crippen molar-refractivity contribution in [1.29, 1.82) is 0 Å². The maximum atomic E-state index is 12.2. The van der Waals surface area contributed by atoms with E-state index in [9.17, 15) is 4.79 Å². The van der Waals surface area contributed by atoms with Crippen LogP contribution in [0, 0.1) is 20.8 Å². The van der Waals surface area contributed by atoms with Crippen LogP contribution in [0.5, 0.6) is 0 Å². The molecule has 1 aliphatic heterocycles. The molecule has 1 aromatic carbocycles. The largest absolute Gasteiger partial charge is 0.361 e.